The molecule has 0 aliphatic heterocycles. The van der Waals surface area contributed by atoms with Crippen molar-refractivity contribution in [2.45, 2.75) is 26.8 Å². The maximum Gasteiger partial charge on any atom is 0.309 e. The third-order valence-corrected chi connectivity index (χ3v) is 4.51. The summed E-state index contributed by atoms with van der Waals surface area (Å²) < 4.78 is 0. The van der Waals surface area contributed by atoms with Crippen molar-refractivity contribution in [3.63, 3.8) is 0 Å². The summed E-state index contributed by atoms with van der Waals surface area (Å²) in [6.45, 7) is 6.88. The zero-order valence-electron chi connectivity index (χ0n) is 12.4. The molecule has 4 nitrogen and oxygen atoms in total. The second kappa shape index (κ2) is 7.33. The van der Waals surface area contributed by atoms with Crippen LogP contribution >= 0.6 is 11.3 Å². The number of hydrogen-bond acceptors (Lipinski definition) is 4. The molecule has 5 heteroatoms. The van der Waals surface area contributed by atoms with E-state index in [2.05, 4.69) is 23.7 Å². The van der Waals surface area contributed by atoms with E-state index in [1.54, 1.807) is 11.3 Å². The number of carboxylic acids is 1. The Labute approximate surface area is 129 Å². The van der Waals surface area contributed by atoms with Crippen LogP contribution in [0.25, 0.3) is 10.6 Å². The summed E-state index contributed by atoms with van der Waals surface area (Å²) in [4.78, 5) is 18.9. The summed E-state index contributed by atoms with van der Waals surface area (Å²) in [6.07, 6.45) is -0.0140. The van der Waals surface area contributed by atoms with Crippen LogP contribution in [0.1, 0.15) is 24.4 Å². The number of aromatic nitrogens is 1. The van der Waals surface area contributed by atoms with E-state index in [1.807, 2.05) is 30.3 Å². The lowest BCUT2D eigenvalue weighted by Gasteiger charge is -2.17. The minimum Gasteiger partial charge on any atom is -0.481 e. The lowest BCUT2D eigenvalue weighted by Crippen LogP contribution is -2.22. The van der Waals surface area contributed by atoms with Crippen molar-refractivity contribution in [3.8, 4) is 10.6 Å². The van der Waals surface area contributed by atoms with Crippen LogP contribution in [-0.2, 0) is 17.8 Å². The van der Waals surface area contributed by atoms with Gasteiger partial charge in [0.05, 0.1) is 12.1 Å². The molecular formula is C16H20N2O2S. The van der Waals surface area contributed by atoms with Crippen LogP contribution in [0, 0.1) is 0 Å². The van der Waals surface area contributed by atoms with Crippen molar-refractivity contribution in [2.75, 3.05) is 13.1 Å². The molecule has 2 aromatic rings. The van der Waals surface area contributed by atoms with Gasteiger partial charge in [0.2, 0.25) is 0 Å². The largest absolute Gasteiger partial charge is 0.481 e. The highest BCUT2D eigenvalue weighted by molar-refractivity contribution is 7.15. The van der Waals surface area contributed by atoms with Gasteiger partial charge in [-0.15, -0.1) is 11.3 Å². The summed E-state index contributed by atoms with van der Waals surface area (Å²) in [6, 6.07) is 9.91. The van der Waals surface area contributed by atoms with Gasteiger partial charge in [0.25, 0.3) is 0 Å². The van der Waals surface area contributed by atoms with Gasteiger partial charge in [0.15, 0.2) is 0 Å². The average molecular weight is 304 g/mol. The SMILES string of the molecule is CCN(CC)Cc1sc(-c2ccccc2)nc1CC(=O)O. The van der Waals surface area contributed by atoms with Gasteiger partial charge in [-0.2, -0.15) is 0 Å². The molecule has 1 heterocycles. The Morgan fingerprint density at radius 3 is 2.48 bits per heavy atom. The number of benzene rings is 1. The third kappa shape index (κ3) is 4.12. The van der Waals surface area contributed by atoms with Gasteiger partial charge < -0.3 is 5.11 Å². The lowest BCUT2D eigenvalue weighted by atomic mass is 10.2. The summed E-state index contributed by atoms with van der Waals surface area (Å²) >= 11 is 1.60. The van der Waals surface area contributed by atoms with Gasteiger partial charge in [-0.3, -0.25) is 9.69 Å². The number of thiazole rings is 1. The fourth-order valence-electron chi connectivity index (χ4n) is 2.14. The monoisotopic (exact) mass is 304 g/mol. The van der Waals surface area contributed by atoms with Crippen LogP contribution in [0.4, 0.5) is 0 Å². The van der Waals surface area contributed by atoms with E-state index in [9.17, 15) is 4.79 Å². The van der Waals surface area contributed by atoms with E-state index in [0.717, 1.165) is 35.1 Å². The molecule has 0 saturated carbocycles. The first kappa shape index (κ1) is 15.7. The first-order valence-electron chi connectivity index (χ1n) is 7.12. The van der Waals surface area contributed by atoms with E-state index in [0.29, 0.717) is 5.69 Å². The molecule has 0 amide bonds. The Morgan fingerprint density at radius 2 is 1.90 bits per heavy atom. The minimum absolute atomic E-state index is 0.0140. The lowest BCUT2D eigenvalue weighted by molar-refractivity contribution is -0.136. The number of aliphatic carboxylic acids is 1. The van der Waals surface area contributed by atoms with Gasteiger partial charge in [-0.1, -0.05) is 44.2 Å². The Hall–Kier alpha value is -1.72. The van der Waals surface area contributed by atoms with Crippen LogP contribution < -0.4 is 0 Å². The summed E-state index contributed by atoms with van der Waals surface area (Å²) in [7, 11) is 0. The number of carboxylic acid groups (broad SMARTS) is 1. The van der Waals surface area contributed by atoms with Crippen molar-refractivity contribution in [1.29, 1.82) is 0 Å². The van der Waals surface area contributed by atoms with Gasteiger partial charge in [-0.05, 0) is 13.1 Å². The average Bonchev–Trinajstić information content (AvgIpc) is 2.87. The maximum absolute atomic E-state index is 11.0. The fourth-order valence-corrected chi connectivity index (χ4v) is 3.27. The van der Waals surface area contributed by atoms with Crippen LogP contribution in [0.2, 0.25) is 0 Å². The van der Waals surface area contributed by atoms with Gasteiger partial charge in [0, 0.05) is 17.0 Å². The Kier molecular flexibility index (Phi) is 5.47. The maximum atomic E-state index is 11.0. The standard InChI is InChI=1S/C16H20N2O2S/c1-3-18(4-2)11-14-13(10-15(19)20)17-16(21-14)12-8-6-5-7-9-12/h5-9H,3-4,10-11H2,1-2H3,(H,19,20). The van der Waals surface area contributed by atoms with Crippen LogP contribution in [0.3, 0.4) is 0 Å². The van der Waals surface area contributed by atoms with Gasteiger partial charge in [0.1, 0.15) is 5.01 Å². The number of hydrogen-bond donors (Lipinski definition) is 1. The molecule has 0 bridgehead atoms. The molecule has 21 heavy (non-hydrogen) atoms. The highest BCUT2D eigenvalue weighted by atomic mass is 32.1. The summed E-state index contributed by atoms with van der Waals surface area (Å²) in [5.74, 6) is -0.833. The molecule has 0 aliphatic carbocycles. The second-order valence-corrected chi connectivity index (χ2v) is 5.87. The number of rotatable bonds is 7. The molecule has 0 unspecified atom stereocenters. The van der Waals surface area contributed by atoms with E-state index in [4.69, 9.17) is 5.11 Å². The zero-order chi connectivity index (χ0) is 15.2. The third-order valence-electron chi connectivity index (χ3n) is 3.38. The molecule has 0 saturated heterocycles. The molecule has 0 aliphatic rings. The van der Waals surface area contributed by atoms with Crippen molar-refractivity contribution in [1.82, 2.24) is 9.88 Å². The van der Waals surface area contributed by atoms with Crippen molar-refractivity contribution >= 4 is 17.3 Å². The van der Waals surface area contributed by atoms with Crippen molar-refractivity contribution in [2.24, 2.45) is 0 Å². The molecule has 1 aromatic heterocycles. The second-order valence-electron chi connectivity index (χ2n) is 4.79. The molecule has 1 N–H and O–H groups in total. The number of carbonyl (C=O) groups is 1. The highest BCUT2D eigenvalue weighted by Crippen LogP contribution is 2.29. The Morgan fingerprint density at radius 1 is 1.24 bits per heavy atom. The predicted molar refractivity (Wildman–Crippen MR) is 85.5 cm³/mol. The highest BCUT2D eigenvalue weighted by Gasteiger charge is 2.16. The molecular weight excluding hydrogens is 284 g/mol. The molecule has 2 rings (SSSR count). The quantitative estimate of drug-likeness (QED) is 0.853. The van der Waals surface area contributed by atoms with E-state index in [-0.39, 0.29) is 6.42 Å². The smallest absolute Gasteiger partial charge is 0.309 e. The first-order chi connectivity index (χ1) is 10.1. The van der Waals surface area contributed by atoms with E-state index in [1.165, 1.54) is 0 Å². The van der Waals surface area contributed by atoms with Crippen LogP contribution in [0.5, 0.6) is 0 Å². The van der Waals surface area contributed by atoms with E-state index < -0.39 is 5.97 Å². The number of nitrogens with zero attached hydrogens (tertiary/aromatic N) is 2. The normalized spacial score (nSPS) is 11.0. The van der Waals surface area contributed by atoms with Crippen LogP contribution in [0.15, 0.2) is 30.3 Å². The molecule has 0 atom stereocenters. The fraction of sp³-hybridized carbons (Fsp3) is 0.375. The summed E-state index contributed by atoms with van der Waals surface area (Å²) in [5, 5.41) is 9.97. The Bertz CT molecular complexity index is 592. The van der Waals surface area contributed by atoms with Crippen molar-refractivity contribution < 1.29 is 9.90 Å². The first-order valence-corrected chi connectivity index (χ1v) is 7.93. The predicted octanol–water partition coefficient (Wildman–Crippen LogP) is 3.28. The topological polar surface area (TPSA) is 53.4 Å². The zero-order valence-corrected chi connectivity index (χ0v) is 13.2. The molecule has 0 radical (unpaired) electrons. The van der Waals surface area contributed by atoms with Crippen molar-refractivity contribution in [3.05, 3.63) is 40.9 Å². The molecule has 0 fully saturated rings. The molecule has 112 valence electrons. The Balaban J connectivity index is 2.33. The molecule has 0 spiro atoms. The summed E-state index contributed by atoms with van der Waals surface area (Å²) in [5.41, 5.74) is 1.73. The van der Waals surface area contributed by atoms with E-state index >= 15 is 0 Å². The van der Waals surface area contributed by atoms with Gasteiger partial charge >= 0.3 is 5.97 Å². The minimum atomic E-state index is -0.833. The molecule has 1 aromatic carbocycles. The van der Waals surface area contributed by atoms with Crippen LogP contribution in [-0.4, -0.2) is 34.0 Å². The van der Waals surface area contributed by atoms with Gasteiger partial charge in [-0.25, -0.2) is 4.98 Å².